The minimum atomic E-state index is 0.604. The summed E-state index contributed by atoms with van der Waals surface area (Å²) < 4.78 is 0. The maximum absolute atomic E-state index is 7.05. The van der Waals surface area contributed by atoms with Gasteiger partial charge in [-0.3, -0.25) is 0 Å². The lowest BCUT2D eigenvalue weighted by Gasteiger charge is -2.16. The fourth-order valence-corrected chi connectivity index (χ4v) is 1.13. The van der Waals surface area contributed by atoms with Crippen LogP contribution in [0.3, 0.4) is 0 Å². The van der Waals surface area contributed by atoms with E-state index in [4.69, 9.17) is 11.1 Å². The molecule has 0 saturated heterocycles. The van der Waals surface area contributed by atoms with Crippen molar-refractivity contribution < 1.29 is 0 Å². The Labute approximate surface area is 60.8 Å². The van der Waals surface area contributed by atoms with Crippen molar-refractivity contribution in [2.24, 2.45) is 5.73 Å². The van der Waals surface area contributed by atoms with Gasteiger partial charge in [-0.2, -0.15) is 0 Å². The molecule has 0 aromatic carbocycles. The lowest BCUT2D eigenvalue weighted by molar-refractivity contribution is 0.683. The molecule has 4 N–H and O–H groups in total. The summed E-state index contributed by atoms with van der Waals surface area (Å²) in [4.78, 5) is 0. The second kappa shape index (κ2) is 3.49. The first-order chi connectivity index (χ1) is 4.88. The maximum Gasteiger partial charge on any atom is 0.0222 e. The van der Waals surface area contributed by atoms with Crippen LogP contribution in [-0.4, -0.2) is 25.8 Å². The lowest BCUT2D eigenvalue weighted by Crippen LogP contribution is -2.28. The fourth-order valence-electron chi connectivity index (χ4n) is 1.13. The highest BCUT2D eigenvalue weighted by Gasteiger charge is 2.07. The average Bonchev–Trinajstić information content (AvgIpc) is 2.04. The second-order valence-electron chi connectivity index (χ2n) is 2.40. The Bertz CT molecular complexity index is 160. The lowest BCUT2D eigenvalue weighted by atomic mass is 10.0. The van der Waals surface area contributed by atoms with Gasteiger partial charge >= 0.3 is 0 Å². The van der Waals surface area contributed by atoms with E-state index in [1.54, 1.807) is 0 Å². The van der Waals surface area contributed by atoms with Gasteiger partial charge in [-0.1, -0.05) is 0 Å². The molecule has 0 amide bonds. The molecule has 1 aliphatic rings. The highest BCUT2D eigenvalue weighted by Crippen LogP contribution is 2.08. The normalized spacial score (nSPS) is 19.3. The molecule has 1 aliphatic heterocycles. The predicted molar refractivity (Wildman–Crippen MR) is 42.4 cm³/mol. The topological polar surface area (TPSA) is 61.9 Å². The van der Waals surface area contributed by atoms with Crippen LogP contribution in [-0.2, 0) is 0 Å². The van der Waals surface area contributed by atoms with Crippen LogP contribution < -0.4 is 11.1 Å². The van der Waals surface area contributed by atoms with Gasteiger partial charge in [0, 0.05) is 19.3 Å². The molecule has 0 aromatic rings. The predicted octanol–water partition coefficient (Wildman–Crippen LogP) is -0.115. The smallest absolute Gasteiger partial charge is 0.0222 e. The highest BCUT2D eigenvalue weighted by molar-refractivity contribution is 5.78. The van der Waals surface area contributed by atoms with Gasteiger partial charge in [-0.05, 0) is 24.1 Å². The van der Waals surface area contributed by atoms with Crippen molar-refractivity contribution in [3.8, 4) is 0 Å². The van der Waals surface area contributed by atoms with Crippen LogP contribution in [0.2, 0.25) is 0 Å². The zero-order valence-electron chi connectivity index (χ0n) is 5.98. The van der Waals surface area contributed by atoms with Crippen LogP contribution in [0.1, 0.15) is 6.42 Å². The van der Waals surface area contributed by atoms with Crippen molar-refractivity contribution in [2.75, 3.05) is 19.6 Å². The maximum atomic E-state index is 7.05. The minimum Gasteiger partial charge on any atom is -0.327 e. The number of hydrogen-bond donors (Lipinski definition) is 3. The molecule has 0 radical (unpaired) electrons. The first-order valence-corrected chi connectivity index (χ1v) is 3.50. The monoisotopic (exact) mass is 139 g/mol. The third-order valence-corrected chi connectivity index (χ3v) is 1.79. The molecule has 0 atom stereocenters. The Morgan fingerprint density at radius 3 is 3.00 bits per heavy atom. The summed E-state index contributed by atoms with van der Waals surface area (Å²) in [6.07, 6.45) is 2.40. The van der Waals surface area contributed by atoms with E-state index < -0.39 is 0 Å². The summed E-state index contributed by atoms with van der Waals surface area (Å²) in [6, 6.07) is 0. The molecule has 10 heavy (non-hydrogen) atoms. The van der Waals surface area contributed by atoms with Gasteiger partial charge in [0.2, 0.25) is 0 Å². The van der Waals surface area contributed by atoms with Gasteiger partial charge in [0.05, 0.1) is 0 Å². The summed E-state index contributed by atoms with van der Waals surface area (Å²) in [5.74, 6) is 0. The SMILES string of the molecule is N=CC1=C(CN)CCNC1. The molecule has 3 heteroatoms. The van der Waals surface area contributed by atoms with Crippen LogP contribution >= 0.6 is 0 Å². The molecular formula is C7H13N3. The van der Waals surface area contributed by atoms with Gasteiger partial charge in [0.1, 0.15) is 0 Å². The number of nitrogens with one attached hydrogen (secondary N) is 2. The van der Waals surface area contributed by atoms with E-state index in [-0.39, 0.29) is 0 Å². The van der Waals surface area contributed by atoms with Gasteiger partial charge in [-0.15, -0.1) is 0 Å². The molecule has 1 rings (SSSR count). The van der Waals surface area contributed by atoms with E-state index >= 15 is 0 Å². The van der Waals surface area contributed by atoms with Gasteiger partial charge < -0.3 is 16.5 Å². The number of rotatable bonds is 2. The van der Waals surface area contributed by atoms with Crippen molar-refractivity contribution in [3.63, 3.8) is 0 Å². The molecule has 3 nitrogen and oxygen atoms in total. The van der Waals surface area contributed by atoms with E-state index in [2.05, 4.69) is 5.32 Å². The van der Waals surface area contributed by atoms with Crippen molar-refractivity contribution in [2.45, 2.75) is 6.42 Å². The first kappa shape index (κ1) is 7.44. The molecule has 0 aliphatic carbocycles. The first-order valence-electron chi connectivity index (χ1n) is 3.50. The van der Waals surface area contributed by atoms with Crippen LogP contribution in [0.5, 0.6) is 0 Å². The van der Waals surface area contributed by atoms with Crippen LogP contribution in [0, 0.1) is 5.41 Å². The zero-order valence-corrected chi connectivity index (χ0v) is 5.98. The van der Waals surface area contributed by atoms with E-state index in [0.717, 1.165) is 25.1 Å². The minimum absolute atomic E-state index is 0.604. The second-order valence-corrected chi connectivity index (χ2v) is 2.40. The highest BCUT2D eigenvalue weighted by atomic mass is 14.9. The van der Waals surface area contributed by atoms with E-state index in [1.807, 2.05) is 0 Å². The molecule has 0 spiro atoms. The third-order valence-electron chi connectivity index (χ3n) is 1.79. The Balaban J connectivity index is 2.72. The van der Waals surface area contributed by atoms with Crippen molar-refractivity contribution in [3.05, 3.63) is 11.1 Å². The van der Waals surface area contributed by atoms with Gasteiger partial charge in [0.15, 0.2) is 0 Å². The Morgan fingerprint density at radius 2 is 2.50 bits per heavy atom. The summed E-state index contributed by atoms with van der Waals surface area (Å²) in [6.45, 7) is 2.42. The fraction of sp³-hybridized carbons (Fsp3) is 0.571. The van der Waals surface area contributed by atoms with Crippen LogP contribution in [0.25, 0.3) is 0 Å². The summed E-state index contributed by atoms with van der Waals surface area (Å²) in [5.41, 5.74) is 7.77. The largest absolute Gasteiger partial charge is 0.327 e. The van der Waals surface area contributed by atoms with Gasteiger partial charge in [0.25, 0.3) is 0 Å². The summed E-state index contributed by atoms with van der Waals surface area (Å²) in [5, 5.41) is 10.2. The molecule has 56 valence electrons. The zero-order chi connectivity index (χ0) is 7.40. The van der Waals surface area contributed by atoms with Crippen LogP contribution in [0.15, 0.2) is 11.1 Å². The Hall–Kier alpha value is -0.670. The van der Waals surface area contributed by atoms with E-state index in [1.165, 1.54) is 11.8 Å². The Kier molecular flexibility index (Phi) is 2.59. The molecule has 0 aromatic heterocycles. The van der Waals surface area contributed by atoms with Crippen LogP contribution in [0.4, 0.5) is 0 Å². The van der Waals surface area contributed by atoms with Gasteiger partial charge in [-0.25, -0.2) is 0 Å². The summed E-state index contributed by atoms with van der Waals surface area (Å²) in [7, 11) is 0. The Morgan fingerprint density at radius 1 is 1.70 bits per heavy atom. The number of nitrogens with two attached hydrogens (primary N) is 1. The quantitative estimate of drug-likeness (QED) is 0.467. The van der Waals surface area contributed by atoms with E-state index in [9.17, 15) is 0 Å². The molecule has 1 heterocycles. The molecule has 0 unspecified atom stereocenters. The average molecular weight is 139 g/mol. The third kappa shape index (κ3) is 1.43. The molecule has 0 saturated carbocycles. The summed E-state index contributed by atoms with van der Waals surface area (Å²) >= 11 is 0. The van der Waals surface area contributed by atoms with Crippen molar-refractivity contribution >= 4 is 6.21 Å². The molecule has 0 fully saturated rings. The molecular weight excluding hydrogens is 126 g/mol. The van der Waals surface area contributed by atoms with Crippen molar-refractivity contribution in [1.29, 1.82) is 5.41 Å². The number of hydrogen-bond acceptors (Lipinski definition) is 3. The van der Waals surface area contributed by atoms with E-state index in [0.29, 0.717) is 6.54 Å². The molecule has 0 bridgehead atoms. The standard InChI is InChI=1S/C7H13N3/c8-3-6-1-2-10-5-7(6)4-9/h4,9-10H,1-3,5,8H2. The van der Waals surface area contributed by atoms with Crippen molar-refractivity contribution in [1.82, 2.24) is 5.32 Å².